The fraction of sp³-hybridized carbons (Fsp3) is 0.200. The van der Waals surface area contributed by atoms with Crippen LogP contribution in [0.2, 0.25) is 0 Å². The van der Waals surface area contributed by atoms with Gasteiger partial charge >= 0.3 is 0 Å². The number of anilines is 1. The Morgan fingerprint density at radius 1 is 1.15 bits per heavy atom. The summed E-state index contributed by atoms with van der Waals surface area (Å²) >= 11 is 3.34. The van der Waals surface area contributed by atoms with E-state index in [4.69, 9.17) is 9.47 Å². The average molecular weight is 418 g/mol. The number of carbonyl (C=O) groups is 1. The molecule has 0 saturated carbocycles. The third kappa shape index (κ3) is 4.73. The van der Waals surface area contributed by atoms with Crippen LogP contribution in [0.1, 0.15) is 22.8 Å². The lowest BCUT2D eigenvalue weighted by Crippen LogP contribution is -2.15. The molecule has 0 saturated heterocycles. The Morgan fingerprint density at radius 3 is 2.58 bits per heavy atom. The third-order valence-electron chi connectivity index (χ3n) is 3.66. The topological polar surface area (TPSA) is 64.6 Å². The number of nitrogens with one attached hydrogen (secondary N) is 1. The summed E-state index contributed by atoms with van der Waals surface area (Å²) in [7, 11) is 3.11. The second kappa shape index (κ2) is 9.20. The molecule has 0 aromatic heterocycles. The normalized spacial score (nSPS) is 10.6. The molecule has 6 heteroatoms. The maximum Gasteiger partial charge on any atom is 0.212 e. The van der Waals surface area contributed by atoms with Crippen molar-refractivity contribution in [1.82, 2.24) is 0 Å². The van der Waals surface area contributed by atoms with Crippen LogP contribution in [0.15, 0.2) is 51.7 Å². The number of hydrogen-bond acceptors (Lipinski definition) is 5. The first-order chi connectivity index (χ1) is 12.5. The van der Waals surface area contributed by atoms with Crippen molar-refractivity contribution >= 4 is 33.5 Å². The van der Waals surface area contributed by atoms with Gasteiger partial charge in [0.1, 0.15) is 11.5 Å². The van der Waals surface area contributed by atoms with Gasteiger partial charge in [0.15, 0.2) is 5.78 Å². The molecule has 0 aliphatic heterocycles. The number of allylic oxidation sites excluding steroid dienone is 1. The first-order valence-electron chi connectivity index (χ1n) is 8.02. The lowest BCUT2D eigenvalue weighted by molar-refractivity contribution is 0.104. The first-order valence-corrected chi connectivity index (χ1v) is 8.81. The molecule has 26 heavy (non-hydrogen) atoms. The molecular formula is C20H20BrNO4. The highest BCUT2D eigenvalue weighted by Crippen LogP contribution is 2.25. The van der Waals surface area contributed by atoms with E-state index in [2.05, 4.69) is 21.2 Å². The monoisotopic (exact) mass is 417 g/mol. The fourth-order valence-corrected chi connectivity index (χ4v) is 2.73. The van der Waals surface area contributed by atoms with Crippen LogP contribution in [0.3, 0.4) is 0 Å². The molecule has 0 aliphatic rings. The minimum absolute atomic E-state index is 0.0796. The number of hydrogen-bond donors (Lipinski definition) is 1. The molecule has 0 aliphatic carbocycles. The van der Waals surface area contributed by atoms with E-state index in [-0.39, 0.29) is 11.0 Å². The zero-order valence-electron chi connectivity index (χ0n) is 14.8. The number of carbonyl (C=O) groups excluding carboxylic acids is 1. The average Bonchev–Trinajstić information content (AvgIpc) is 2.79. The van der Waals surface area contributed by atoms with Crippen LogP contribution in [-0.2, 0) is 0 Å². The number of ether oxygens (including phenoxy) is 2. The first kappa shape index (κ1) is 19.7. The maximum atomic E-state index is 12.6. The van der Waals surface area contributed by atoms with Crippen molar-refractivity contribution < 1.29 is 14.3 Å². The van der Waals surface area contributed by atoms with Crippen molar-refractivity contribution in [2.45, 2.75) is 6.92 Å². The van der Waals surface area contributed by atoms with Gasteiger partial charge in [-0.3, -0.25) is 9.59 Å². The Hall–Kier alpha value is -2.60. The number of ketones is 1. The number of halogens is 1. The summed E-state index contributed by atoms with van der Waals surface area (Å²) in [6.07, 6.45) is 2.97. The van der Waals surface area contributed by atoms with Crippen LogP contribution >= 0.6 is 15.9 Å². The standard InChI is InChI=1S/C20H20BrNO4/c1-4-22-17-8-6-14(21)12-16(20(17)24)18(23)9-5-13-11-15(25-2)7-10-19(13)26-3/h5-12H,4H2,1-3H3,(H,22,24). The van der Waals surface area contributed by atoms with Crippen molar-refractivity contribution in [2.75, 3.05) is 26.1 Å². The van der Waals surface area contributed by atoms with Crippen LogP contribution in [0.25, 0.3) is 6.08 Å². The van der Waals surface area contributed by atoms with Gasteiger partial charge in [-0.05, 0) is 55.5 Å². The van der Waals surface area contributed by atoms with E-state index in [9.17, 15) is 9.59 Å². The Bertz CT molecular complexity index is 893. The molecule has 0 heterocycles. The van der Waals surface area contributed by atoms with E-state index < -0.39 is 5.78 Å². The molecule has 0 amide bonds. The lowest BCUT2D eigenvalue weighted by atomic mass is 10.1. The molecule has 0 radical (unpaired) electrons. The lowest BCUT2D eigenvalue weighted by Gasteiger charge is -2.07. The molecular weight excluding hydrogens is 398 g/mol. The van der Waals surface area contributed by atoms with E-state index >= 15 is 0 Å². The maximum absolute atomic E-state index is 12.6. The quantitative estimate of drug-likeness (QED) is 0.541. The Labute approximate surface area is 160 Å². The summed E-state index contributed by atoms with van der Waals surface area (Å²) in [6.45, 7) is 2.47. The van der Waals surface area contributed by atoms with E-state index in [1.807, 2.05) is 6.92 Å². The molecule has 2 aromatic carbocycles. The van der Waals surface area contributed by atoms with Crippen LogP contribution in [0.5, 0.6) is 11.5 Å². The van der Waals surface area contributed by atoms with Gasteiger partial charge in [-0.25, -0.2) is 0 Å². The summed E-state index contributed by atoms with van der Waals surface area (Å²) in [4.78, 5) is 25.2. The molecule has 0 spiro atoms. The van der Waals surface area contributed by atoms with Gasteiger partial charge in [0, 0.05) is 16.6 Å². The molecule has 0 fully saturated rings. The summed E-state index contributed by atoms with van der Waals surface area (Å²) < 4.78 is 11.1. The van der Waals surface area contributed by atoms with E-state index in [1.165, 1.54) is 12.1 Å². The largest absolute Gasteiger partial charge is 0.497 e. The Morgan fingerprint density at radius 2 is 1.92 bits per heavy atom. The zero-order valence-corrected chi connectivity index (χ0v) is 16.4. The minimum Gasteiger partial charge on any atom is -0.497 e. The smallest absolute Gasteiger partial charge is 0.212 e. The van der Waals surface area contributed by atoms with Gasteiger partial charge in [0.05, 0.1) is 25.5 Å². The zero-order chi connectivity index (χ0) is 19.1. The number of rotatable bonds is 7. The Kier molecular flexibility index (Phi) is 6.97. The molecule has 0 unspecified atom stereocenters. The molecule has 136 valence electrons. The SMILES string of the molecule is CCNc1ccc(Br)cc(C(=O)C=Cc2cc(OC)ccc2OC)c1=O. The number of methoxy groups -OCH3 is 2. The van der Waals surface area contributed by atoms with E-state index in [1.54, 1.807) is 50.6 Å². The molecule has 2 rings (SSSR count). The van der Waals surface area contributed by atoms with E-state index in [0.717, 1.165) is 0 Å². The highest BCUT2D eigenvalue weighted by Gasteiger charge is 2.11. The van der Waals surface area contributed by atoms with Crippen molar-refractivity contribution in [2.24, 2.45) is 0 Å². The van der Waals surface area contributed by atoms with Gasteiger partial charge < -0.3 is 14.8 Å². The molecule has 0 atom stereocenters. The van der Waals surface area contributed by atoms with Crippen molar-refractivity contribution in [3.63, 3.8) is 0 Å². The molecule has 1 N–H and O–H groups in total. The molecule has 5 nitrogen and oxygen atoms in total. The van der Waals surface area contributed by atoms with Crippen molar-refractivity contribution in [3.8, 4) is 11.5 Å². The predicted octanol–water partition coefficient (Wildman–Crippen LogP) is 4.15. The summed E-state index contributed by atoms with van der Waals surface area (Å²) in [6, 6.07) is 10.2. The summed E-state index contributed by atoms with van der Waals surface area (Å²) in [5.41, 5.74) is 0.800. The van der Waals surface area contributed by atoms with Crippen molar-refractivity contribution in [1.29, 1.82) is 0 Å². The third-order valence-corrected chi connectivity index (χ3v) is 4.16. The summed E-state index contributed by atoms with van der Waals surface area (Å²) in [5.74, 6) is 0.854. The van der Waals surface area contributed by atoms with Crippen LogP contribution in [0, 0.1) is 0 Å². The highest BCUT2D eigenvalue weighted by atomic mass is 79.9. The van der Waals surface area contributed by atoms with Crippen LogP contribution < -0.4 is 20.2 Å². The van der Waals surface area contributed by atoms with Crippen LogP contribution in [-0.4, -0.2) is 26.5 Å². The van der Waals surface area contributed by atoms with Crippen molar-refractivity contribution in [3.05, 3.63) is 68.3 Å². The predicted molar refractivity (Wildman–Crippen MR) is 107 cm³/mol. The minimum atomic E-state index is -0.393. The Balaban J connectivity index is 2.44. The van der Waals surface area contributed by atoms with Crippen LogP contribution in [0.4, 0.5) is 5.69 Å². The van der Waals surface area contributed by atoms with Gasteiger partial charge in [0.2, 0.25) is 5.43 Å². The molecule has 2 aromatic rings. The number of benzene rings is 1. The summed E-state index contributed by atoms with van der Waals surface area (Å²) in [5, 5.41) is 2.98. The van der Waals surface area contributed by atoms with Gasteiger partial charge in [-0.1, -0.05) is 15.9 Å². The highest BCUT2D eigenvalue weighted by molar-refractivity contribution is 9.10. The second-order valence-corrected chi connectivity index (χ2v) is 6.27. The van der Waals surface area contributed by atoms with Gasteiger partial charge in [-0.2, -0.15) is 0 Å². The van der Waals surface area contributed by atoms with Gasteiger partial charge in [0.25, 0.3) is 0 Å². The fourth-order valence-electron chi connectivity index (χ4n) is 2.37. The van der Waals surface area contributed by atoms with Gasteiger partial charge in [-0.15, -0.1) is 0 Å². The van der Waals surface area contributed by atoms with E-state index in [0.29, 0.717) is 33.8 Å². The molecule has 0 bridgehead atoms. The second-order valence-electron chi connectivity index (χ2n) is 5.35.